The number of hydrazone groups is 1. The lowest BCUT2D eigenvalue weighted by atomic mass is 9.93. The summed E-state index contributed by atoms with van der Waals surface area (Å²) in [7, 11) is 3.94. The lowest BCUT2D eigenvalue weighted by Crippen LogP contribution is -2.37. The molecule has 33 heavy (non-hydrogen) atoms. The Bertz CT molecular complexity index is 930. The van der Waals surface area contributed by atoms with Gasteiger partial charge in [-0.1, -0.05) is 0 Å². The number of nitrogens with one attached hydrogen (secondary N) is 1. The van der Waals surface area contributed by atoms with E-state index in [-0.39, 0.29) is 6.10 Å². The molecule has 0 saturated heterocycles. The SMILES string of the molecule is CCNc1ccc(/C(=N\N(C)C2CCC(O/C(=C/N)N(N)CC)CC2)c2cnn(C)c2)cn1. The predicted molar refractivity (Wildman–Crippen MR) is 131 cm³/mol. The van der Waals surface area contributed by atoms with E-state index in [2.05, 4.69) is 27.3 Å². The Labute approximate surface area is 196 Å². The third kappa shape index (κ3) is 6.38. The van der Waals surface area contributed by atoms with Crippen LogP contribution in [0.3, 0.4) is 0 Å². The number of nitrogens with two attached hydrogens (primary N) is 2. The van der Waals surface area contributed by atoms with Gasteiger partial charge in [0.05, 0.1) is 12.4 Å². The Kier molecular flexibility index (Phi) is 8.53. The molecule has 3 rings (SSSR count). The van der Waals surface area contributed by atoms with Crippen LogP contribution in [-0.2, 0) is 11.8 Å². The van der Waals surface area contributed by atoms with Crippen molar-refractivity contribution in [1.82, 2.24) is 24.8 Å². The van der Waals surface area contributed by atoms with Crippen LogP contribution in [0.2, 0.25) is 0 Å². The highest BCUT2D eigenvalue weighted by Crippen LogP contribution is 2.27. The lowest BCUT2D eigenvalue weighted by Gasteiger charge is -2.34. The maximum absolute atomic E-state index is 6.03. The molecule has 1 saturated carbocycles. The fourth-order valence-corrected chi connectivity index (χ4v) is 3.95. The molecule has 2 aromatic heterocycles. The van der Waals surface area contributed by atoms with Gasteiger partial charge in [-0.25, -0.2) is 10.8 Å². The van der Waals surface area contributed by atoms with E-state index in [1.54, 1.807) is 4.68 Å². The van der Waals surface area contributed by atoms with E-state index < -0.39 is 0 Å². The van der Waals surface area contributed by atoms with Gasteiger partial charge >= 0.3 is 0 Å². The molecule has 0 unspecified atom stereocenters. The van der Waals surface area contributed by atoms with Crippen LogP contribution < -0.4 is 16.9 Å². The van der Waals surface area contributed by atoms with Gasteiger partial charge in [-0.15, -0.1) is 0 Å². The summed E-state index contributed by atoms with van der Waals surface area (Å²) in [6.07, 6.45) is 11.0. The molecule has 0 aromatic carbocycles. The van der Waals surface area contributed by atoms with Crippen molar-refractivity contribution >= 4 is 11.5 Å². The first-order chi connectivity index (χ1) is 15.9. The number of ether oxygens (including phenoxy) is 1. The summed E-state index contributed by atoms with van der Waals surface area (Å²) in [5, 5.41) is 16.2. The van der Waals surface area contributed by atoms with Crippen molar-refractivity contribution in [3.8, 4) is 0 Å². The molecule has 2 heterocycles. The number of aryl methyl sites for hydroxylation is 1. The fourth-order valence-electron chi connectivity index (χ4n) is 3.95. The van der Waals surface area contributed by atoms with Gasteiger partial charge in [-0.05, 0) is 51.7 Å². The van der Waals surface area contributed by atoms with Crippen molar-refractivity contribution in [3.05, 3.63) is 53.9 Å². The monoisotopic (exact) mass is 455 g/mol. The minimum atomic E-state index is 0.103. The molecule has 180 valence electrons. The normalized spacial score (nSPS) is 19.3. The summed E-state index contributed by atoms with van der Waals surface area (Å²) in [4.78, 5) is 4.52. The molecule has 10 heteroatoms. The van der Waals surface area contributed by atoms with E-state index in [1.807, 2.05) is 51.7 Å². The van der Waals surface area contributed by atoms with Gasteiger partial charge in [0.2, 0.25) is 5.88 Å². The van der Waals surface area contributed by atoms with Gasteiger partial charge in [0.25, 0.3) is 0 Å². The molecule has 10 nitrogen and oxygen atoms in total. The lowest BCUT2D eigenvalue weighted by molar-refractivity contribution is 0.0136. The van der Waals surface area contributed by atoms with E-state index in [1.165, 1.54) is 11.2 Å². The highest BCUT2D eigenvalue weighted by Gasteiger charge is 2.26. The van der Waals surface area contributed by atoms with Crippen molar-refractivity contribution in [2.24, 2.45) is 23.7 Å². The number of rotatable bonds is 10. The van der Waals surface area contributed by atoms with Crippen LogP contribution in [0, 0.1) is 0 Å². The van der Waals surface area contributed by atoms with Gasteiger partial charge in [0.15, 0.2) is 0 Å². The number of hydrogen-bond acceptors (Lipinski definition) is 9. The second-order valence-electron chi connectivity index (χ2n) is 8.23. The van der Waals surface area contributed by atoms with Crippen molar-refractivity contribution in [3.63, 3.8) is 0 Å². The Morgan fingerprint density at radius 1 is 1.24 bits per heavy atom. The summed E-state index contributed by atoms with van der Waals surface area (Å²) >= 11 is 0. The molecule has 0 amide bonds. The molecule has 0 bridgehead atoms. The third-order valence-electron chi connectivity index (χ3n) is 5.86. The van der Waals surface area contributed by atoms with Crippen LogP contribution in [-0.4, -0.2) is 62.8 Å². The van der Waals surface area contributed by atoms with Crippen LogP contribution in [0.1, 0.15) is 50.7 Å². The van der Waals surface area contributed by atoms with Gasteiger partial charge in [0, 0.05) is 56.7 Å². The number of nitrogens with zero attached hydrogens (tertiary/aromatic N) is 6. The first kappa shape index (κ1) is 24.4. The number of hydrogen-bond donors (Lipinski definition) is 3. The quantitative estimate of drug-likeness (QED) is 0.216. The van der Waals surface area contributed by atoms with Gasteiger partial charge in [0.1, 0.15) is 17.6 Å². The Hall–Kier alpha value is -3.27. The van der Waals surface area contributed by atoms with Crippen LogP contribution in [0.5, 0.6) is 0 Å². The summed E-state index contributed by atoms with van der Waals surface area (Å²) in [6, 6.07) is 4.34. The molecule has 2 aromatic rings. The Morgan fingerprint density at radius 3 is 2.55 bits per heavy atom. The maximum Gasteiger partial charge on any atom is 0.220 e. The smallest absolute Gasteiger partial charge is 0.220 e. The average molecular weight is 456 g/mol. The fraction of sp³-hybridized carbons (Fsp3) is 0.522. The predicted octanol–water partition coefficient (Wildman–Crippen LogP) is 2.21. The highest BCUT2D eigenvalue weighted by atomic mass is 16.5. The summed E-state index contributed by atoms with van der Waals surface area (Å²) in [6.45, 7) is 5.47. The largest absolute Gasteiger partial charge is 0.474 e. The topological polar surface area (TPSA) is 123 Å². The molecule has 0 atom stereocenters. The van der Waals surface area contributed by atoms with Crippen molar-refractivity contribution in [2.45, 2.75) is 51.7 Å². The van der Waals surface area contributed by atoms with E-state index in [0.717, 1.165) is 54.9 Å². The first-order valence-corrected chi connectivity index (χ1v) is 11.6. The summed E-state index contributed by atoms with van der Waals surface area (Å²) in [5.41, 5.74) is 8.45. The molecule has 1 aliphatic rings. The van der Waals surface area contributed by atoms with Crippen LogP contribution in [0.25, 0.3) is 0 Å². The number of anilines is 1. The second kappa shape index (κ2) is 11.6. The Morgan fingerprint density at radius 2 is 2.00 bits per heavy atom. The second-order valence-corrected chi connectivity index (χ2v) is 8.23. The Balaban J connectivity index is 1.71. The van der Waals surface area contributed by atoms with E-state index >= 15 is 0 Å². The van der Waals surface area contributed by atoms with Gasteiger partial charge in [-0.2, -0.15) is 10.2 Å². The van der Waals surface area contributed by atoms with Crippen LogP contribution in [0.15, 0.2) is 47.9 Å². The van der Waals surface area contributed by atoms with Gasteiger partial charge < -0.3 is 15.8 Å². The zero-order valence-electron chi connectivity index (χ0n) is 20.1. The molecule has 1 aliphatic carbocycles. The van der Waals surface area contributed by atoms with Crippen LogP contribution in [0.4, 0.5) is 5.82 Å². The molecule has 1 fully saturated rings. The zero-order valence-corrected chi connectivity index (χ0v) is 20.1. The van der Waals surface area contributed by atoms with Crippen LogP contribution >= 0.6 is 0 Å². The van der Waals surface area contributed by atoms with E-state index in [4.69, 9.17) is 21.4 Å². The molecular formula is C23H37N9O. The number of hydrazine groups is 1. The first-order valence-electron chi connectivity index (χ1n) is 11.6. The van der Waals surface area contributed by atoms with Gasteiger partial charge in [-0.3, -0.25) is 14.7 Å². The molecule has 5 N–H and O–H groups in total. The number of aromatic nitrogens is 3. The number of pyridine rings is 1. The van der Waals surface area contributed by atoms with Crippen molar-refractivity contribution in [1.29, 1.82) is 0 Å². The van der Waals surface area contributed by atoms with Crippen molar-refractivity contribution < 1.29 is 4.74 Å². The zero-order chi connectivity index (χ0) is 23.8. The molecular weight excluding hydrogens is 418 g/mol. The summed E-state index contributed by atoms with van der Waals surface area (Å²) < 4.78 is 7.82. The molecule has 0 aliphatic heterocycles. The summed E-state index contributed by atoms with van der Waals surface area (Å²) in [5.74, 6) is 7.31. The molecule has 0 spiro atoms. The minimum absolute atomic E-state index is 0.103. The van der Waals surface area contributed by atoms with E-state index in [0.29, 0.717) is 18.5 Å². The standard InChI is InChI=1S/C23H37N9O/c1-5-26-21-12-7-17(14-27-21)23(18-15-28-30(3)16-18)29-31(4)19-8-10-20(11-9-19)33-22(13-24)32(25)6-2/h7,12-16,19-20H,5-6,8-11,24-25H2,1-4H3,(H,26,27)/b22-13+,29-23+. The highest BCUT2D eigenvalue weighted by molar-refractivity contribution is 6.12. The maximum atomic E-state index is 6.03. The molecule has 0 radical (unpaired) electrons. The average Bonchev–Trinajstić information content (AvgIpc) is 3.27. The van der Waals surface area contributed by atoms with Crippen molar-refractivity contribution in [2.75, 3.05) is 25.5 Å². The minimum Gasteiger partial charge on any atom is -0.474 e. The van der Waals surface area contributed by atoms with E-state index in [9.17, 15) is 0 Å². The third-order valence-corrected chi connectivity index (χ3v) is 5.86.